The van der Waals surface area contributed by atoms with Crippen LogP contribution in [0.5, 0.6) is 0 Å². The zero-order chi connectivity index (χ0) is 15.7. The van der Waals surface area contributed by atoms with Gasteiger partial charge in [0.25, 0.3) is 5.91 Å². The smallest absolute Gasteiger partial charge is 0.313 e. The highest BCUT2D eigenvalue weighted by molar-refractivity contribution is 7.53. The van der Waals surface area contributed by atoms with E-state index in [0.717, 1.165) is 0 Å². The van der Waals surface area contributed by atoms with E-state index in [9.17, 15) is 9.36 Å². The van der Waals surface area contributed by atoms with Gasteiger partial charge in [-0.05, 0) is 26.0 Å². The molecule has 114 valence electrons. The summed E-state index contributed by atoms with van der Waals surface area (Å²) < 4.78 is 22.8. The van der Waals surface area contributed by atoms with Gasteiger partial charge in [0.2, 0.25) is 0 Å². The molecule has 0 saturated heterocycles. The molecule has 0 fully saturated rings. The maximum Gasteiger partial charge on any atom is 0.349 e. The lowest BCUT2D eigenvalue weighted by molar-refractivity contribution is 0.0782. The number of carbonyl (C=O) groups excluding carboxylic acids is 1. The van der Waals surface area contributed by atoms with Gasteiger partial charge in [0, 0.05) is 5.56 Å². The maximum absolute atomic E-state index is 12.5. The van der Waals surface area contributed by atoms with E-state index in [0.29, 0.717) is 5.56 Å². The third kappa shape index (κ3) is 5.31. The van der Waals surface area contributed by atoms with Crippen molar-refractivity contribution in [1.29, 1.82) is 5.26 Å². The highest BCUT2D eigenvalue weighted by Gasteiger charge is 2.30. The van der Waals surface area contributed by atoms with E-state index in [1.165, 1.54) is 4.90 Å². The van der Waals surface area contributed by atoms with Crippen LogP contribution in [-0.4, -0.2) is 36.9 Å². The Morgan fingerprint density at radius 2 is 1.81 bits per heavy atom. The second-order valence-corrected chi connectivity index (χ2v) is 6.14. The molecule has 0 aromatic heterocycles. The van der Waals surface area contributed by atoms with Gasteiger partial charge in [-0.25, -0.2) is 0 Å². The van der Waals surface area contributed by atoms with Gasteiger partial charge in [-0.1, -0.05) is 18.2 Å². The van der Waals surface area contributed by atoms with E-state index in [1.54, 1.807) is 44.2 Å². The third-order valence-electron chi connectivity index (χ3n) is 2.57. The monoisotopic (exact) mass is 310 g/mol. The Hall–Kier alpha value is -1.67. The van der Waals surface area contributed by atoms with Gasteiger partial charge in [0.05, 0.1) is 19.3 Å². The van der Waals surface area contributed by atoms with Crippen molar-refractivity contribution in [2.75, 3.05) is 26.0 Å². The predicted molar refractivity (Wildman–Crippen MR) is 78.8 cm³/mol. The quantitative estimate of drug-likeness (QED) is 0.545. The van der Waals surface area contributed by atoms with Crippen LogP contribution in [0.25, 0.3) is 0 Å². The van der Waals surface area contributed by atoms with Crippen molar-refractivity contribution in [1.82, 2.24) is 4.90 Å². The molecule has 1 amide bonds. The molecule has 0 N–H and O–H groups in total. The molecule has 1 rings (SSSR count). The van der Waals surface area contributed by atoms with Crippen molar-refractivity contribution in [3.63, 3.8) is 0 Å². The molecule has 0 saturated carbocycles. The molecule has 1 aromatic rings. The van der Waals surface area contributed by atoms with Gasteiger partial charge < -0.3 is 13.9 Å². The van der Waals surface area contributed by atoms with E-state index >= 15 is 0 Å². The summed E-state index contributed by atoms with van der Waals surface area (Å²) in [7, 11) is -3.43. The summed E-state index contributed by atoms with van der Waals surface area (Å²) >= 11 is 0. The number of amides is 1. The summed E-state index contributed by atoms with van der Waals surface area (Å²) in [6, 6.07) is 10.4. The topological polar surface area (TPSA) is 79.6 Å². The first-order chi connectivity index (χ1) is 10.1. The Bertz CT molecular complexity index is 532. The molecule has 0 bridgehead atoms. The van der Waals surface area contributed by atoms with E-state index in [4.69, 9.17) is 14.3 Å². The van der Waals surface area contributed by atoms with Crippen molar-refractivity contribution in [3.05, 3.63) is 35.9 Å². The summed E-state index contributed by atoms with van der Waals surface area (Å²) in [6.07, 6.45) is -0.240. The molecule has 0 unspecified atom stereocenters. The van der Waals surface area contributed by atoms with Crippen LogP contribution in [0, 0.1) is 11.3 Å². The first kappa shape index (κ1) is 17.4. The fourth-order valence-electron chi connectivity index (χ4n) is 1.76. The second-order valence-electron chi connectivity index (χ2n) is 4.12. The minimum atomic E-state index is -3.43. The highest BCUT2D eigenvalue weighted by Crippen LogP contribution is 2.48. The Labute approximate surface area is 124 Å². The Morgan fingerprint density at radius 1 is 1.24 bits per heavy atom. The first-order valence-electron chi connectivity index (χ1n) is 6.65. The summed E-state index contributed by atoms with van der Waals surface area (Å²) in [5.41, 5.74) is 0.423. The number of hydrogen-bond donors (Lipinski definition) is 0. The van der Waals surface area contributed by atoms with Crippen LogP contribution in [-0.2, 0) is 13.6 Å². The standard InChI is InChI=1S/C14H19N2O4P/c1-3-19-21(18,20-4-2)12-16(11-10-15)14(17)13-8-6-5-7-9-13/h5-9H,3-4,11-12H2,1-2H3. The number of rotatable bonds is 8. The molecule has 0 aliphatic heterocycles. The fraction of sp³-hybridized carbons (Fsp3) is 0.429. The Kier molecular flexibility index (Phi) is 7.10. The zero-order valence-electron chi connectivity index (χ0n) is 12.2. The van der Waals surface area contributed by atoms with Crippen LogP contribution in [0.2, 0.25) is 0 Å². The fourth-order valence-corrected chi connectivity index (χ4v) is 3.43. The van der Waals surface area contributed by atoms with Crippen molar-refractivity contribution in [2.45, 2.75) is 13.8 Å². The summed E-state index contributed by atoms with van der Waals surface area (Å²) in [5.74, 6) is -0.378. The van der Waals surface area contributed by atoms with Gasteiger partial charge >= 0.3 is 7.60 Å². The molecule has 0 heterocycles. The van der Waals surface area contributed by atoms with Crippen LogP contribution in [0.15, 0.2) is 30.3 Å². The van der Waals surface area contributed by atoms with Gasteiger partial charge in [-0.2, -0.15) is 5.26 Å². The van der Waals surface area contributed by atoms with Crippen molar-refractivity contribution < 1.29 is 18.4 Å². The van der Waals surface area contributed by atoms with Crippen molar-refractivity contribution in [2.24, 2.45) is 0 Å². The summed E-state index contributed by atoms with van der Waals surface area (Å²) in [5, 5.41) is 8.87. The minimum Gasteiger partial charge on any atom is -0.313 e. The highest BCUT2D eigenvalue weighted by atomic mass is 31.2. The van der Waals surface area contributed by atoms with E-state index < -0.39 is 7.60 Å². The lowest BCUT2D eigenvalue weighted by Crippen LogP contribution is -2.33. The first-order valence-corrected chi connectivity index (χ1v) is 8.38. The SMILES string of the molecule is CCOP(=O)(CN(CC#N)C(=O)c1ccccc1)OCC. The van der Waals surface area contributed by atoms with Gasteiger partial charge in [0.15, 0.2) is 0 Å². The lowest BCUT2D eigenvalue weighted by Gasteiger charge is -2.25. The van der Waals surface area contributed by atoms with E-state index in [-0.39, 0.29) is 32.0 Å². The largest absolute Gasteiger partial charge is 0.349 e. The van der Waals surface area contributed by atoms with Crippen LogP contribution < -0.4 is 0 Å². The molecule has 6 nitrogen and oxygen atoms in total. The maximum atomic E-state index is 12.5. The molecule has 1 aromatic carbocycles. The molecular formula is C14H19N2O4P. The second kappa shape index (κ2) is 8.58. The molecule has 0 atom stereocenters. The number of carbonyl (C=O) groups is 1. The zero-order valence-corrected chi connectivity index (χ0v) is 13.1. The van der Waals surface area contributed by atoms with Crippen LogP contribution >= 0.6 is 7.60 Å². The molecule has 0 radical (unpaired) electrons. The van der Waals surface area contributed by atoms with Gasteiger partial charge in [-0.3, -0.25) is 9.36 Å². The average Bonchev–Trinajstić information content (AvgIpc) is 2.47. The van der Waals surface area contributed by atoms with Crippen LogP contribution in [0.1, 0.15) is 24.2 Å². The van der Waals surface area contributed by atoms with Crippen LogP contribution in [0.4, 0.5) is 0 Å². The third-order valence-corrected chi connectivity index (χ3v) is 4.56. The Balaban J connectivity index is 2.93. The number of hydrogen-bond acceptors (Lipinski definition) is 5. The normalized spacial score (nSPS) is 10.9. The minimum absolute atomic E-state index is 0.183. The van der Waals surface area contributed by atoms with Crippen molar-refractivity contribution in [3.8, 4) is 6.07 Å². The average molecular weight is 310 g/mol. The molecule has 21 heavy (non-hydrogen) atoms. The van der Waals surface area contributed by atoms with Crippen LogP contribution in [0.3, 0.4) is 0 Å². The number of nitrogens with zero attached hydrogens (tertiary/aromatic N) is 2. The summed E-state index contributed by atoms with van der Waals surface area (Å²) in [6.45, 7) is 3.62. The molecule has 0 aliphatic rings. The van der Waals surface area contributed by atoms with E-state index in [1.807, 2.05) is 6.07 Å². The lowest BCUT2D eigenvalue weighted by atomic mass is 10.2. The molecule has 0 spiro atoms. The van der Waals surface area contributed by atoms with E-state index in [2.05, 4.69) is 0 Å². The van der Waals surface area contributed by atoms with Gasteiger partial charge in [0.1, 0.15) is 12.8 Å². The molecule has 0 aliphatic carbocycles. The number of nitriles is 1. The van der Waals surface area contributed by atoms with Crippen molar-refractivity contribution >= 4 is 13.5 Å². The predicted octanol–water partition coefficient (Wildman–Crippen LogP) is 2.88. The molecular weight excluding hydrogens is 291 g/mol. The molecule has 7 heteroatoms. The Morgan fingerprint density at radius 3 is 2.29 bits per heavy atom. The number of benzene rings is 1. The van der Waals surface area contributed by atoms with Gasteiger partial charge in [-0.15, -0.1) is 0 Å². The summed E-state index contributed by atoms with van der Waals surface area (Å²) in [4.78, 5) is 13.5.